The molecule has 0 aliphatic rings. The Morgan fingerprint density at radius 3 is 2.53 bits per heavy atom. The quantitative estimate of drug-likeness (QED) is 0.554. The molecule has 17 heavy (non-hydrogen) atoms. The average molecular weight is 232 g/mol. The fourth-order valence-corrected chi connectivity index (χ4v) is 1.36. The molecule has 0 aromatic heterocycles. The molecule has 3 heteroatoms. The topological polar surface area (TPSA) is 24.8 Å². The van der Waals surface area contributed by atoms with Gasteiger partial charge in [-0.1, -0.05) is 25.6 Å². The fraction of sp³-hybridized carbons (Fsp3) is 0.357. The number of hydrogen-bond donors (Lipinski definition) is 0. The minimum Gasteiger partial charge on any atom is -0.497 e. The number of ether oxygens (including phenoxy) is 1. The monoisotopic (exact) mass is 232 g/mol. The second kappa shape index (κ2) is 6.74. The summed E-state index contributed by atoms with van der Waals surface area (Å²) in [6.45, 7) is 8.68. The molecule has 0 aliphatic carbocycles. The Morgan fingerprint density at radius 1 is 1.41 bits per heavy atom. The summed E-state index contributed by atoms with van der Waals surface area (Å²) < 4.78 is 5.13. The van der Waals surface area contributed by atoms with E-state index in [4.69, 9.17) is 4.74 Å². The minimum absolute atomic E-state index is 0.732. The molecule has 0 unspecified atom stereocenters. The first-order valence-electron chi connectivity index (χ1n) is 5.75. The average Bonchev–Trinajstić information content (AvgIpc) is 2.35. The van der Waals surface area contributed by atoms with Crippen LogP contribution in [0.3, 0.4) is 0 Å². The van der Waals surface area contributed by atoms with Crippen LogP contribution in [-0.4, -0.2) is 18.3 Å². The first-order chi connectivity index (χ1) is 8.17. The largest absolute Gasteiger partial charge is 0.497 e. The van der Waals surface area contributed by atoms with Crippen LogP contribution < -0.4 is 4.74 Å². The maximum absolute atomic E-state index is 5.13. The first kappa shape index (κ1) is 13.3. The van der Waals surface area contributed by atoms with Gasteiger partial charge in [-0.05, 0) is 31.0 Å². The van der Waals surface area contributed by atoms with Crippen LogP contribution in [0.25, 0.3) is 0 Å². The molecule has 0 bridgehead atoms. The summed E-state index contributed by atoms with van der Waals surface area (Å²) in [7, 11) is 1.67. The van der Waals surface area contributed by atoms with E-state index < -0.39 is 0 Å². The molecule has 1 aromatic rings. The second-order valence-corrected chi connectivity index (χ2v) is 3.85. The van der Waals surface area contributed by atoms with Gasteiger partial charge in [-0.15, -0.1) is 0 Å². The van der Waals surface area contributed by atoms with Crippen molar-refractivity contribution in [1.82, 2.24) is 5.01 Å². The number of hydrogen-bond acceptors (Lipinski definition) is 3. The van der Waals surface area contributed by atoms with Gasteiger partial charge in [-0.2, -0.15) is 5.10 Å². The zero-order valence-corrected chi connectivity index (χ0v) is 10.8. The Bertz CT molecular complexity index is 382. The molecule has 0 N–H and O–H groups in total. The third-order valence-corrected chi connectivity index (χ3v) is 2.34. The molecule has 0 saturated heterocycles. The maximum atomic E-state index is 5.13. The molecule has 0 atom stereocenters. The first-order valence-corrected chi connectivity index (χ1v) is 5.75. The molecule has 0 amide bonds. The van der Waals surface area contributed by atoms with Gasteiger partial charge in [0.25, 0.3) is 0 Å². The summed E-state index contributed by atoms with van der Waals surface area (Å²) in [5.41, 5.74) is 2.12. The lowest BCUT2D eigenvalue weighted by Crippen LogP contribution is -2.14. The van der Waals surface area contributed by atoms with Crippen molar-refractivity contribution in [3.05, 3.63) is 42.1 Å². The van der Waals surface area contributed by atoms with Crippen molar-refractivity contribution >= 4 is 6.21 Å². The van der Waals surface area contributed by atoms with Crippen molar-refractivity contribution in [1.29, 1.82) is 0 Å². The molecular weight excluding hydrogens is 212 g/mol. The number of nitrogens with zero attached hydrogens (tertiary/aromatic N) is 2. The molecular formula is C14H20N2O. The van der Waals surface area contributed by atoms with E-state index in [1.54, 1.807) is 7.11 Å². The van der Waals surface area contributed by atoms with E-state index >= 15 is 0 Å². The van der Waals surface area contributed by atoms with Crippen LogP contribution in [-0.2, 0) is 6.54 Å². The van der Waals surface area contributed by atoms with Crippen molar-refractivity contribution in [3.8, 4) is 5.75 Å². The molecule has 1 aromatic carbocycles. The molecule has 3 nitrogen and oxygen atoms in total. The normalized spacial score (nSPS) is 10.5. The summed E-state index contributed by atoms with van der Waals surface area (Å²) in [5, 5.41) is 6.25. The number of hydrazone groups is 1. The SMILES string of the molecule is C=C(C)N(Cc1ccc(OC)cc1)/N=C\CC. The lowest BCUT2D eigenvalue weighted by Gasteiger charge is -2.18. The Kier molecular flexibility index (Phi) is 5.27. The van der Waals surface area contributed by atoms with Crippen molar-refractivity contribution in [2.45, 2.75) is 26.8 Å². The predicted molar refractivity (Wildman–Crippen MR) is 72.1 cm³/mol. The zero-order valence-electron chi connectivity index (χ0n) is 10.8. The fourth-order valence-electron chi connectivity index (χ4n) is 1.36. The third kappa shape index (κ3) is 4.31. The van der Waals surface area contributed by atoms with E-state index in [1.807, 2.05) is 42.4 Å². The van der Waals surface area contributed by atoms with Crippen LogP contribution in [0.5, 0.6) is 5.75 Å². The summed E-state index contributed by atoms with van der Waals surface area (Å²) in [6.07, 6.45) is 2.81. The van der Waals surface area contributed by atoms with Gasteiger partial charge in [0.05, 0.1) is 13.7 Å². The van der Waals surface area contributed by atoms with Crippen LogP contribution >= 0.6 is 0 Å². The van der Waals surface area contributed by atoms with Crippen molar-refractivity contribution in [2.24, 2.45) is 5.10 Å². The Labute approximate surface area is 103 Å². The molecule has 0 spiro atoms. The molecule has 0 radical (unpaired) electrons. The predicted octanol–water partition coefficient (Wildman–Crippen LogP) is 3.43. The number of allylic oxidation sites excluding steroid dienone is 1. The summed E-state index contributed by atoms with van der Waals surface area (Å²) >= 11 is 0. The summed E-state index contributed by atoms with van der Waals surface area (Å²) in [5.74, 6) is 0.868. The van der Waals surface area contributed by atoms with E-state index in [0.29, 0.717) is 0 Å². The van der Waals surface area contributed by atoms with Gasteiger partial charge in [-0.3, -0.25) is 5.01 Å². The maximum Gasteiger partial charge on any atom is 0.118 e. The highest BCUT2D eigenvalue weighted by atomic mass is 16.5. The van der Waals surface area contributed by atoms with Crippen LogP contribution in [0.4, 0.5) is 0 Å². The minimum atomic E-state index is 0.732. The molecule has 0 heterocycles. The van der Waals surface area contributed by atoms with Gasteiger partial charge in [0.15, 0.2) is 0 Å². The van der Waals surface area contributed by atoms with Crippen LogP contribution in [0.15, 0.2) is 41.6 Å². The highest BCUT2D eigenvalue weighted by molar-refractivity contribution is 5.56. The van der Waals surface area contributed by atoms with E-state index in [2.05, 4.69) is 18.6 Å². The van der Waals surface area contributed by atoms with Gasteiger partial charge >= 0.3 is 0 Å². The van der Waals surface area contributed by atoms with Crippen LogP contribution in [0, 0.1) is 0 Å². The van der Waals surface area contributed by atoms with Gasteiger partial charge < -0.3 is 4.74 Å². The lowest BCUT2D eigenvalue weighted by molar-refractivity contribution is 0.359. The molecule has 0 fully saturated rings. The molecule has 1 rings (SSSR count). The van der Waals surface area contributed by atoms with E-state index in [-0.39, 0.29) is 0 Å². The number of methoxy groups -OCH3 is 1. The summed E-state index contributed by atoms with van der Waals surface area (Å²) in [6, 6.07) is 7.98. The van der Waals surface area contributed by atoms with E-state index in [1.165, 1.54) is 5.56 Å². The van der Waals surface area contributed by atoms with E-state index in [9.17, 15) is 0 Å². The van der Waals surface area contributed by atoms with Gasteiger partial charge in [0.2, 0.25) is 0 Å². The highest BCUT2D eigenvalue weighted by Crippen LogP contribution is 2.14. The highest BCUT2D eigenvalue weighted by Gasteiger charge is 2.03. The Balaban J connectivity index is 2.71. The van der Waals surface area contributed by atoms with Crippen LogP contribution in [0.2, 0.25) is 0 Å². The number of rotatable bonds is 6. The van der Waals surface area contributed by atoms with Crippen molar-refractivity contribution in [2.75, 3.05) is 7.11 Å². The second-order valence-electron chi connectivity index (χ2n) is 3.85. The van der Waals surface area contributed by atoms with Gasteiger partial charge in [-0.25, -0.2) is 0 Å². The third-order valence-electron chi connectivity index (χ3n) is 2.34. The van der Waals surface area contributed by atoms with Gasteiger partial charge in [0.1, 0.15) is 5.75 Å². The molecule has 0 saturated carbocycles. The molecule has 0 aliphatic heterocycles. The molecule has 92 valence electrons. The smallest absolute Gasteiger partial charge is 0.118 e. The zero-order chi connectivity index (χ0) is 12.7. The van der Waals surface area contributed by atoms with E-state index in [0.717, 1.165) is 24.4 Å². The number of benzene rings is 1. The van der Waals surface area contributed by atoms with Crippen molar-refractivity contribution < 1.29 is 4.74 Å². The Hall–Kier alpha value is -1.77. The van der Waals surface area contributed by atoms with Crippen LogP contribution in [0.1, 0.15) is 25.8 Å². The van der Waals surface area contributed by atoms with Gasteiger partial charge in [0, 0.05) is 11.9 Å². The summed E-state index contributed by atoms with van der Waals surface area (Å²) in [4.78, 5) is 0. The van der Waals surface area contributed by atoms with Crippen molar-refractivity contribution in [3.63, 3.8) is 0 Å². The Morgan fingerprint density at radius 2 is 2.06 bits per heavy atom. The lowest BCUT2D eigenvalue weighted by atomic mass is 10.2. The standard InChI is InChI=1S/C14H20N2O/c1-5-10-15-16(12(2)3)11-13-6-8-14(17-4)9-7-13/h6-10H,2,5,11H2,1,3-4H3/b15-10-.